The highest BCUT2D eigenvalue weighted by atomic mass is 35.5. The Hall–Kier alpha value is -0.570. The van der Waals surface area contributed by atoms with Gasteiger partial charge in [0.2, 0.25) is 0 Å². The Balaban J connectivity index is 2.58. The maximum atomic E-state index is 5.78. The van der Waals surface area contributed by atoms with Gasteiger partial charge >= 0.3 is 0 Å². The summed E-state index contributed by atoms with van der Waals surface area (Å²) in [6.07, 6.45) is 0.931. The zero-order valence-corrected chi connectivity index (χ0v) is 11.7. The molecule has 1 unspecified atom stereocenters. The molecule has 0 aliphatic heterocycles. The smallest absolute Gasteiger partial charge is 0.0616 e. The van der Waals surface area contributed by atoms with Crippen molar-refractivity contribution >= 4 is 11.6 Å². The third-order valence-corrected chi connectivity index (χ3v) is 3.26. The minimum absolute atomic E-state index is 0.330. The number of hydrogen-bond donors (Lipinski definition) is 1. The number of methoxy groups -OCH3 is 1. The van der Waals surface area contributed by atoms with E-state index in [4.69, 9.17) is 16.3 Å². The van der Waals surface area contributed by atoms with Gasteiger partial charge in [-0.15, -0.1) is 11.6 Å². The van der Waals surface area contributed by atoms with Crippen LogP contribution in [-0.4, -0.2) is 25.6 Å². The van der Waals surface area contributed by atoms with Crippen LogP contribution in [0.1, 0.15) is 23.1 Å². The summed E-state index contributed by atoms with van der Waals surface area (Å²) in [7, 11) is 1.72. The van der Waals surface area contributed by atoms with E-state index in [0.29, 0.717) is 18.5 Å². The number of ether oxygens (including phenoxy) is 1. The summed E-state index contributed by atoms with van der Waals surface area (Å²) in [5, 5.41) is 3.51. The second-order valence-corrected chi connectivity index (χ2v) is 4.76. The van der Waals surface area contributed by atoms with Crippen LogP contribution in [0.4, 0.5) is 0 Å². The van der Waals surface area contributed by atoms with Gasteiger partial charge in [-0.3, -0.25) is 0 Å². The second kappa shape index (κ2) is 7.70. The van der Waals surface area contributed by atoms with E-state index in [1.54, 1.807) is 7.11 Å². The molecule has 1 aromatic carbocycles. The number of aryl methyl sites for hydroxylation is 2. The zero-order valence-electron chi connectivity index (χ0n) is 10.9. The number of hydrogen-bond acceptors (Lipinski definition) is 2. The van der Waals surface area contributed by atoms with E-state index in [1.807, 2.05) is 0 Å². The van der Waals surface area contributed by atoms with Gasteiger partial charge in [-0.2, -0.15) is 0 Å². The Morgan fingerprint density at radius 2 is 1.94 bits per heavy atom. The van der Waals surface area contributed by atoms with Crippen molar-refractivity contribution in [3.8, 4) is 0 Å². The molecule has 1 aromatic rings. The van der Waals surface area contributed by atoms with Crippen molar-refractivity contribution in [2.24, 2.45) is 0 Å². The largest absolute Gasteiger partial charge is 0.383 e. The molecular formula is C14H22ClNO. The van der Waals surface area contributed by atoms with Crippen molar-refractivity contribution in [3.63, 3.8) is 0 Å². The van der Waals surface area contributed by atoms with Gasteiger partial charge in [0.05, 0.1) is 6.61 Å². The SMILES string of the molecule is COCC(CCCl)NCc1c(C)cccc1C. The Morgan fingerprint density at radius 1 is 1.29 bits per heavy atom. The van der Waals surface area contributed by atoms with E-state index in [2.05, 4.69) is 37.4 Å². The van der Waals surface area contributed by atoms with Crippen LogP contribution in [0.15, 0.2) is 18.2 Å². The fourth-order valence-corrected chi connectivity index (χ4v) is 2.21. The Bertz CT molecular complexity index is 315. The molecule has 1 atom stereocenters. The van der Waals surface area contributed by atoms with Gasteiger partial charge in [-0.05, 0) is 37.0 Å². The van der Waals surface area contributed by atoms with Crippen molar-refractivity contribution in [2.45, 2.75) is 32.9 Å². The molecule has 0 radical (unpaired) electrons. The maximum Gasteiger partial charge on any atom is 0.0616 e. The molecule has 1 N–H and O–H groups in total. The second-order valence-electron chi connectivity index (χ2n) is 4.38. The lowest BCUT2D eigenvalue weighted by Gasteiger charge is -2.18. The van der Waals surface area contributed by atoms with Gasteiger partial charge in [0.25, 0.3) is 0 Å². The molecule has 0 saturated heterocycles. The Morgan fingerprint density at radius 3 is 2.47 bits per heavy atom. The van der Waals surface area contributed by atoms with Crippen LogP contribution in [0.2, 0.25) is 0 Å². The fourth-order valence-electron chi connectivity index (χ4n) is 1.95. The molecule has 0 amide bonds. The average Bonchev–Trinajstić information content (AvgIpc) is 2.29. The molecule has 0 saturated carbocycles. The van der Waals surface area contributed by atoms with Crippen molar-refractivity contribution < 1.29 is 4.74 Å². The highest BCUT2D eigenvalue weighted by molar-refractivity contribution is 6.17. The monoisotopic (exact) mass is 255 g/mol. The molecule has 96 valence electrons. The first-order chi connectivity index (χ1) is 8.19. The van der Waals surface area contributed by atoms with E-state index in [0.717, 1.165) is 13.0 Å². The minimum Gasteiger partial charge on any atom is -0.383 e. The van der Waals surface area contributed by atoms with Crippen LogP contribution in [0.25, 0.3) is 0 Å². The predicted octanol–water partition coefficient (Wildman–Crippen LogP) is 3.04. The maximum absolute atomic E-state index is 5.78. The Kier molecular flexibility index (Phi) is 6.56. The first kappa shape index (κ1) is 14.5. The summed E-state index contributed by atoms with van der Waals surface area (Å²) >= 11 is 5.78. The first-order valence-corrected chi connectivity index (χ1v) is 6.56. The van der Waals surface area contributed by atoms with Crippen LogP contribution < -0.4 is 5.32 Å². The first-order valence-electron chi connectivity index (χ1n) is 6.02. The fraction of sp³-hybridized carbons (Fsp3) is 0.571. The van der Waals surface area contributed by atoms with Crippen molar-refractivity contribution in [1.82, 2.24) is 5.32 Å². The van der Waals surface area contributed by atoms with Crippen LogP contribution in [0, 0.1) is 13.8 Å². The Labute approximate surface area is 109 Å². The molecule has 0 aliphatic carbocycles. The highest BCUT2D eigenvalue weighted by Gasteiger charge is 2.08. The number of benzene rings is 1. The highest BCUT2D eigenvalue weighted by Crippen LogP contribution is 2.13. The van der Waals surface area contributed by atoms with Gasteiger partial charge in [0.15, 0.2) is 0 Å². The summed E-state index contributed by atoms with van der Waals surface area (Å²) < 4.78 is 5.18. The predicted molar refractivity (Wildman–Crippen MR) is 73.8 cm³/mol. The molecule has 1 rings (SSSR count). The summed E-state index contributed by atoms with van der Waals surface area (Å²) in [5.41, 5.74) is 4.04. The summed E-state index contributed by atoms with van der Waals surface area (Å²) in [5.74, 6) is 0.660. The van der Waals surface area contributed by atoms with Crippen molar-refractivity contribution in [1.29, 1.82) is 0 Å². The van der Waals surface area contributed by atoms with Crippen LogP contribution in [-0.2, 0) is 11.3 Å². The molecule has 0 aromatic heterocycles. The average molecular weight is 256 g/mol. The molecule has 3 heteroatoms. The number of halogens is 1. The van der Waals surface area contributed by atoms with Crippen LogP contribution in [0.5, 0.6) is 0 Å². The molecule has 0 spiro atoms. The minimum atomic E-state index is 0.330. The van der Waals surface area contributed by atoms with E-state index in [9.17, 15) is 0 Å². The lowest BCUT2D eigenvalue weighted by atomic mass is 10.0. The summed E-state index contributed by atoms with van der Waals surface area (Å²) in [4.78, 5) is 0. The molecule has 0 heterocycles. The molecule has 0 fully saturated rings. The van der Waals surface area contributed by atoms with Gasteiger partial charge in [-0.1, -0.05) is 18.2 Å². The topological polar surface area (TPSA) is 21.3 Å². The van der Waals surface area contributed by atoms with E-state index in [1.165, 1.54) is 16.7 Å². The summed E-state index contributed by atoms with van der Waals surface area (Å²) in [6, 6.07) is 6.73. The van der Waals surface area contributed by atoms with E-state index >= 15 is 0 Å². The molecular weight excluding hydrogens is 234 g/mol. The summed E-state index contributed by atoms with van der Waals surface area (Å²) in [6.45, 7) is 5.88. The molecule has 17 heavy (non-hydrogen) atoms. The van der Waals surface area contributed by atoms with Crippen LogP contribution in [0.3, 0.4) is 0 Å². The molecule has 0 aliphatic rings. The number of rotatable bonds is 7. The quantitative estimate of drug-likeness (QED) is 0.757. The van der Waals surface area contributed by atoms with Gasteiger partial charge in [0.1, 0.15) is 0 Å². The van der Waals surface area contributed by atoms with E-state index < -0.39 is 0 Å². The standard InChI is InChI=1S/C14H22ClNO/c1-11-5-4-6-12(2)14(11)9-16-13(7-8-15)10-17-3/h4-6,13,16H,7-10H2,1-3H3. The van der Waals surface area contributed by atoms with E-state index in [-0.39, 0.29) is 0 Å². The van der Waals surface area contributed by atoms with Gasteiger partial charge < -0.3 is 10.1 Å². The van der Waals surface area contributed by atoms with Crippen molar-refractivity contribution in [2.75, 3.05) is 19.6 Å². The zero-order chi connectivity index (χ0) is 12.7. The molecule has 0 bridgehead atoms. The van der Waals surface area contributed by atoms with Crippen molar-refractivity contribution in [3.05, 3.63) is 34.9 Å². The lowest BCUT2D eigenvalue weighted by Crippen LogP contribution is -2.33. The molecule has 2 nitrogen and oxygen atoms in total. The third-order valence-electron chi connectivity index (χ3n) is 3.04. The normalized spacial score (nSPS) is 12.7. The van der Waals surface area contributed by atoms with Gasteiger partial charge in [-0.25, -0.2) is 0 Å². The lowest BCUT2D eigenvalue weighted by molar-refractivity contribution is 0.164. The van der Waals surface area contributed by atoms with Gasteiger partial charge in [0, 0.05) is 25.6 Å². The number of nitrogens with one attached hydrogen (secondary N) is 1. The third kappa shape index (κ3) is 4.66. The number of alkyl halides is 1. The van der Waals surface area contributed by atoms with Crippen LogP contribution >= 0.6 is 11.6 Å².